The molecule has 0 aromatic heterocycles. The maximum Gasteiger partial charge on any atom is 0.138 e. The molecule has 184 valence electrons. The highest BCUT2D eigenvalue weighted by Crippen LogP contribution is 2.49. The zero-order valence-corrected chi connectivity index (χ0v) is 20.6. The Morgan fingerprint density at radius 1 is 0.857 bits per heavy atom. The van der Waals surface area contributed by atoms with Gasteiger partial charge in [-0.1, -0.05) is 78.9 Å². The molecule has 0 heterocycles. The van der Waals surface area contributed by atoms with Crippen molar-refractivity contribution in [2.75, 3.05) is 26.8 Å². The van der Waals surface area contributed by atoms with Gasteiger partial charge in [0.25, 0.3) is 0 Å². The molecule has 0 amide bonds. The topological polar surface area (TPSA) is 41.9 Å². The van der Waals surface area contributed by atoms with E-state index in [0.717, 1.165) is 42.9 Å². The van der Waals surface area contributed by atoms with Crippen LogP contribution in [0.25, 0.3) is 0 Å². The summed E-state index contributed by atoms with van der Waals surface area (Å²) in [5.74, 6) is 2.14. The van der Waals surface area contributed by atoms with Crippen LogP contribution in [-0.2, 0) is 10.3 Å². The Morgan fingerprint density at radius 3 is 2.09 bits per heavy atom. The highest BCUT2D eigenvalue weighted by molar-refractivity contribution is 5.36. The minimum atomic E-state index is -1.15. The average molecular weight is 472 g/mol. The van der Waals surface area contributed by atoms with Gasteiger partial charge in [0.2, 0.25) is 0 Å². The second-order valence-electron chi connectivity index (χ2n) is 10.2. The van der Waals surface area contributed by atoms with Gasteiger partial charge in [-0.05, 0) is 61.9 Å². The Kier molecular flexibility index (Phi) is 7.52. The lowest BCUT2D eigenvalue weighted by Crippen LogP contribution is -2.40. The molecule has 0 aliphatic heterocycles. The number of nitrogens with zero attached hydrogens (tertiary/aromatic N) is 1. The van der Waals surface area contributed by atoms with E-state index in [1.807, 2.05) is 91.0 Å². The van der Waals surface area contributed by atoms with E-state index in [4.69, 9.17) is 9.47 Å². The fraction of sp³-hybridized carbons (Fsp3) is 0.419. The summed E-state index contributed by atoms with van der Waals surface area (Å²) < 4.78 is 12.5. The van der Waals surface area contributed by atoms with E-state index in [0.29, 0.717) is 17.9 Å². The Balaban J connectivity index is 1.19. The zero-order chi connectivity index (χ0) is 24.1. The molecule has 4 heteroatoms. The maximum absolute atomic E-state index is 11.8. The number of rotatable bonds is 11. The molecule has 35 heavy (non-hydrogen) atoms. The first-order chi connectivity index (χ1) is 17.1. The third-order valence-corrected chi connectivity index (χ3v) is 7.99. The zero-order valence-electron chi connectivity index (χ0n) is 20.6. The van der Waals surface area contributed by atoms with E-state index in [-0.39, 0.29) is 12.7 Å². The molecule has 2 aliphatic carbocycles. The predicted molar refractivity (Wildman–Crippen MR) is 139 cm³/mol. The van der Waals surface area contributed by atoms with Gasteiger partial charge < -0.3 is 19.5 Å². The SMILES string of the molecule is CN(CCCOc1ccccc1)C1[C@H]2CC[C@@H]1[C@H](OCC(O)(c1ccccc1)c1ccccc1)C2. The molecule has 4 atom stereocenters. The minimum absolute atomic E-state index is 0.195. The first-order valence-electron chi connectivity index (χ1n) is 13.0. The van der Waals surface area contributed by atoms with E-state index in [1.54, 1.807) is 0 Å². The van der Waals surface area contributed by atoms with Gasteiger partial charge in [0.15, 0.2) is 0 Å². The number of aliphatic hydroxyl groups is 1. The molecule has 2 fully saturated rings. The fourth-order valence-corrected chi connectivity index (χ4v) is 6.27. The highest BCUT2D eigenvalue weighted by Gasteiger charge is 2.50. The van der Waals surface area contributed by atoms with E-state index < -0.39 is 5.60 Å². The van der Waals surface area contributed by atoms with Gasteiger partial charge in [-0.3, -0.25) is 0 Å². The van der Waals surface area contributed by atoms with E-state index >= 15 is 0 Å². The molecule has 3 aromatic carbocycles. The van der Waals surface area contributed by atoms with Crippen molar-refractivity contribution >= 4 is 0 Å². The molecular weight excluding hydrogens is 434 g/mol. The average Bonchev–Trinajstić information content (AvgIpc) is 3.49. The first-order valence-corrected chi connectivity index (χ1v) is 13.0. The van der Waals surface area contributed by atoms with Crippen LogP contribution in [0.4, 0.5) is 0 Å². The largest absolute Gasteiger partial charge is 0.494 e. The Labute approximate surface area is 209 Å². The van der Waals surface area contributed by atoms with Crippen LogP contribution in [0.15, 0.2) is 91.0 Å². The summed E-state index contributed by atoms with van der Waals surface area (Å²) in [5, 5.41) is 11.8. The quantitative estimate of drug-likeness (QED) is 0.375. The van der Waals surface area contributed by atoms with Crippen LogP contribution in [0.2, 0.25) is 0 Å². The van der Waals surface area contributed by atoms with Crippen LogP contribution >= 0.6 is 0 Å². The summed E-state index contributed by atoms with van der Waals surface area (Å²) in [6.07, 6.45) is 4.77. The van der Waals surface area contributed by atoms with Gasteiger partial charge >= 0.3 is 0 Å². The normalized spacial score (nSPS) is 23.6. The predicted octanol–water partition coefficient (Wildman–Crippen LogP) is 5.51. The minimum Gasteiger partial charge on any atom is -0.494 e. The van der Waals surface area contributed by atoms with Crippen LogP contribution < -0.4 is 4.74 Å². The van der Waals surface area contributed by atoms with Crippen molar-refractivity contribution in [2.45, 2.75) is 43.4 Å². The van der Waals surface area contributed by atoms with E-state index in [9.17, 15) is 5.11 Å². The molecule has 2 bridgehead atoms. The molecule has 0 saturated heterocycles. The standard InChI is InChI=1S/C31H37NO3/c1-32(20-11-21-34-27-16-9-4-10-17-27)30-24-18-19-28(30)29(22-24)35-23-31(33,25-12-5-2-6-13-25)26-14-7-3-8-15-26/h2-10,12-17,24,28-30,33H,11,18-23H2,1H3/t24-,28+,29+,30?/m0/s1. The van der Waals surface area contributed by atoms with Crippen molar-refractivity contribution in [1.82, 2.24) is 4.90 Å². The van der Waals surface area contributed by atoms with Gasteiger partial charge in [0, 0.05) is 18.5 Å². The molecule has 5 rings (SSSR count). The summed E-state index contributed by atoms with van der Waals surface area (Å²) in [7, 11) is 2.26. The van der Waals surface area contributed by atoms with Crippen LogP contribution in [0.3, 0.4) is 0 Å². The third kappa shape index (κ3) is 5.30. The second kappa shape index (κ2) is 10.9. The van der Waals surface area contributed by atoms with Gasteiger partial charge in [0.05, 0.1) is 19.3 Å². The highest BCUT2D eigenvalue weighted by atomic mass is 16.5. The van der Waals surface area contributed by atoms with Crippen molar-refractivity contribution in [3.63, 3.8) is 0 Å². The van der Waals surface area contributed by atoms with Crippen LogP contribution in [0.5, 0.6) is 5.75 Å². The van der Waals surface area contributed by atoms with Crippen LogP contribution in [-0.4, -0.2) is 49.0 Å². The smallest absolute Gasteiger partial charge is 0.138 e. The lowest BCUT2D eigenvalue weighted by Gasteiger charge is -2.33. The lowest BCUT2D eigenvalue weighted by molar-refractivity contribution is -0.0722. The summed E-state index contributed by atoms with van der Waals surface area (Å²) >= 11 is 0. The van der Waals surface area contributed by atoms with Crippen LogP contribution in [0, 0.1) is 11.8 Å². The second-order valence-corrected chi connectivity index (χ2v) is 10.2. The van der Waals surface area contributed by atoms with Crippen molar-refractivity contribution in [3.8, 4) is 5.75 Å². The summed E-state index contributed by atoms with van der Waals surface area (Å²) in [6.45, 7) is 2.03. The van der Waals surface area contributed by atoms with Crippen molar-refractivity contribution in [2.24, 2.45) is 11.8 Å². The lowest BCUT2D eigenvalue weighted by atomic mass is 9.87. The van der Waals surface area contributed by atoms with Gasteiger partial charge in [-0.25, -0.2) is 0 Å². The number of hydrogen-bond donors (Lipinski definition) is 1. The molecular formula is C31H37NO3. The van der Waals surface area contributed by atoms with Gasteiger partial charge in [-0.15, -0.1) is 0 Å². The Hall–Kier alpha value is -2.66. The van der Waals surface area contributed by atoms with Crippen molar-refractivity contribution in [1.29, 1.82) is 0 Å². The van der Waals surface area contributed by atoms with Gasteiger partial charge in [-0.2, -0.15) is 0 Å². The van der Waals surface area contributed by atoms with Gasteiger partial charge in [0.1, 0.15) is 11.4 Å². The number of fused-ring (bicyclic) bond motifs is 2. The molecule has 0 radical (unpaired) electrons. The van der Waals surface area contributed by atoms with Crippen LogP contribution in [0.1, 0.15) is 36.8 Å². The number of para-hydroxylation sites is 1. The molecule has 0 spiro atoms. The molecule has 2 saturated carbocycles. The Bertz CT molecular complexity index is 1000. The molecule has 1 N–H and O–H groups in total. The number of benzene rings is 3. The summed E-state index contributed by atoms with van der Waals surface area (Å²) in [4.78, 5) is 2.53. The first kappa shape index (κ1) is 24.1. The Morgan fingerprint density at radius 2 is 1.46 bits per heavy atom. The maximum atomic E-state index is 11.8. The third-order valence-electron chi connectivity index (χ3n) is 7.99. The summed E-state index contributed by atoms with van der Waals surface area (Å²) in [6, 6.07) is 30.4. The summed E-state index contributed by atoms with van der Waals surface area (Å²) in [5.41, 5.74) is 0.600. The molecule has 3 aromatic rings. The molecule has 4 nitrogen and oxygen atoms in total. The van der Waals surface area contributed by atoms with E-state index in [2.05, 4.69) is 11.9 Å². The van der Waals surface area contributed by atoms with Crippen molar-refractivity contribution in [3.05, 3.63) is 102 Å². The molecule has 2 aliphatic rings. The number of hydrogen-bond acceptors (Lipinski definition) is 4. The fourth-order valence-electron chi connectivity index (χ4n) is 6.27. The van der Waals surface area contributed by atoms with E-state index in [1.165, 1.54) is 12.8 Å². The molecule has 1 unspecified atom stereocenters. The van der Waals surface area contributed by atoms with Crippen molar-refractivity contribution < 1.29 is 14.6 Å². The number of ether oxygens (including phenoxy) is 2. The monoisotopic (exact) mass is 471 g/mol.